The van der Waals surface area contributed by atoms with E-state index in [-0.39, 0.29) is 11.1 Å². The molecule has 0 saturated heterocycles. The van der Waals surface area contributed by atoms with E-state index in [0.717, 1.165) is 36.4 Å². The third-order valence-corrected chi connectivity index (χ3v) is 4.05. The molecule has 178 valence electrons. The number of carboxylic acid groups (broad SMARTS) is 2. The summed E-state index contributed by atoms with van der Waals surface area (Å²) in [6.45, 7) is 0. The molecule has 12 heteroatoms. The van der Waals surface area contributed by atoms with E-state index in [9.17, 15) is 49.8 Å². The average molecular weight is 472 g/mol. The zero-order valence-electron chi connectivity index (χ0n) is 17.0. The number of rotatable bonds is 9. The number of benzene rings is 2. The van der Waals surface area contributed by atoms with Crippen molar-refractivity contribution in [1.29, 1.82) is 0 Å². The highest BCUT2D eigenvalue weighted by Gasteiger charge is 2.30. The molecule has 0 fully saturated rings. The van der Waals surface area contributed by atoms with E-state index in [0.29, 0.717) is 12.2 Å². The van der Waals surface area contributed by atoms with Crippen LogP contribution in [0.15, 0.2) is 48.6 Å². The molecule has 0 unspecified atom stereocenters. The van der Waals surface area contributed by atoms with Crippen LogP contribution in [0.5, 0.6) is 23.0 Å². The minimum absolute atomic E-state index is 0.200. The van der Waals surface area contributed by atoms with Gasteiger partial charge in [0.2, 0.25) is 0 Å². The van der Waals surface area contributed by atoms with E-state index >= 15 is 0 Å². The molecule has 0 aromatic heterocycles. The van der Waals surface area contributed by atoms with Gasteiger partial charge in [-0.25, -0.2) is 9.59 Å². The highest BCUT2D eigenvalue weighted by Crippen LogP contribution is 2.26. The van der Waals surface area contributed by atoms with Gasteiger partial charge >= 0.3 is 11.9 Å². The number of phenols is 4. The van der Waals surface area contributed by atoms with Gasteiger partial charge in [0.15, 0.2) is 35.2 Å². The van der Waals surface area contributed by atoms with Gasteiger partial charge in [0, 0.05) is 12.2 Å². The molecule has 2 aromatic carbocycles. The van der Waals surface area contributed by atoms with Gasteiger partial charge in [0.1, 0.15) is 0 Å². The first kappa shape index (κ1) is 25.3. The van der Waals surface area contributed by atoms with Crippen LogP contribution in [-0.4, -0.2) is 56.5 Å². The predicted octanol–water partition coefficient (Wildman–Crippen LogP) is -1.44. The van der Waals surface area contributed by atoms with Crippen molar-refractivity contribution in [3.05, 3.63) is 59.7 Å². The monoisotopic (exact) mass is 472 g/mol. The predicted molar refractivity (Wildman–Crippen MR) is 107 cm³/mol. The summed E-state index contributed by atoms with van der Waals surface area (Å²) in [6.07, 6.45) is -1.66. The van der Waals surface area contributed by atoms with Crippen LogP contribution < -0.4 is 10.2 Å². The highest BCUT2D eigenvalue weighted by molar-refractivity contribution is 5.93. The van der Waals surface area contributed by atoms with Crippen LogP contribution >= 0.6 is 0 Å². The number of carbonyl (C=O) groups is 4. The number of phenolic OH excluding ortho intramolecular Hbond substituents is 4. The lowest BCUT2D eigenvalue weighted by Gasteiger charge is -2.27. The summed E-state index contributed by atoms with van der Waals surface area (Å²) in [6, 6.07) is 6.95. The summed E-state index contributed by atoms with van der Waals surface area (Å²) in [4.78, 5) is 46.6. The minimum atomic E-state index is -2.58. The number of carbonyl (C=O) groups excluding carboxylic acids is 4. The Kier molecular flexibility index (Phi) is 8.20. The fraction of sp³-hybridized carbons (Fsp3) is 0.0909. The van der Waals surface area contributed by atoms with E-state index in [1.165, 1.54) is 12.1 Å². The lowest BCUT2D eigenvalue weighted by atomic mass is 10.2. The third kappa shape index (κ3) is 7.02. The first-order chi connectivity index (χ1) is 16.0. The van der Waals surface area contributed by atoms with E-state index in [1.807, 2.05) is 0 Å². The van der Waals surface area contributed by atoms with Gasteiger partial charge in [-0.3, -0.25) is 0 Å². The summed E-state index contributed by atoms with van der Waals surface area (Å²) in [7, 11) is 0. The highest BCUT2D eigenvalue weighted by atomic mass is 16.6. The van der Waals surface area contributed by atoms with Crippen LogP contribution in [0.4, 0.5) is 0 Å². The Balaban J connectivity index is 2.11. The molecule has 0 saturated carbocycles. The second kappa shape index (κ2) is 11.0. The Morgan fingerprint density at radius 1 is 0.647 bits per heavy atom. The SMILES string of the molecule is O=C(/C=C/c1ccc(O)c(O)c1)O[C@@H](C(=O)[O-])[C@@H](OC(=O)/C=C/c1ccc(O)c(O)c1)C(=O)[O-]. The third-order valence-electron chi connectivity index (χ3n) is 4.05. The molecule has 2 atom stereocenters. The number of aliphatic carboxylic acids is 2. The van der Waals surface area contributed by atoms with Crippen LogP contribution in [-0.2, 0) is 28.7 Å². The van der Waals surface area contributed by atoms with Crippen molar-refractivity contribution in [3.63, 3.8) is 0 Å². The van der Waals surface area contributed by atoms with Gasteiger partial charge in [0.25, 0.3) is 0 Å². The van der Waals surface area contributed by atoms with E-state index in [2.05, 4.69) is 9.47 Å². The number of hydrogen-bond donors (Lipinski definition) is 4. The molecule has 0 spiro atoms. The Bertz CT molecular complexity index is 1070. The second-order valence-corrected chi connectivity index (χ2v) is 6.52. The van der Waals surface area contributed by atoms with Crippen LogP contribution in [0.2, 0.25) is 0 Å². The molecule has 0 aliphatic carbocycles. The van der Waals surface area contributed by atoms with Gasteiger partial charge < -0.3 is 49.7 Å². The number of aromatic hydroxyl groups is 4. The Morgan fingerprint density at radius 3 is 1.29 bits per heavy atom. The van der Waals surface area contributed by atoms with Crippen molar-refractivity contribution in [2.24, 2.45) is 0 Å². The summed E-state index contributed by atoms with van der Waals surface area (Å²) in [5.41, 5.74) is 0.399. The molecule has 0 heterocycles. The lowest BCUT2D eigenvalue weighted by molar-refractivity contribution is -0.334. The molecular weight excluding hydrogens is 456 g/mol. The normalized spacial score (nSPS) is 12.8. The van der Waals surface area contributed by atoms with Crippen LogP contribution in [0.3, 0.4) is 0 Å². The van der Waals surface area contributed by atoms with Gasteiger partial charge in [-0.05, 0) is 47.5 Å². The number of ether oxygens (including phenoxy) is 2. The van der Waals surface area contributed by atoms with Crippen LogP contribution in [0.1, 0.15) is 11.1 Å². The van der Waals surface area contributed by atoms with Crippen molar-refractivity contribution < 1.29 is 59.3 Å². The van der Waals surface area contributed by atoms with E-state index in [1.54, 1.807) is 0 Å². The van der Waals surface area contributed by atoms with Gasteiger partial charge in [-0.1, -0.05) is 12.1 Å². The van der Waals surface area contributed by atoms with Gasteiger partial charge in [-0.2, -0.15) is 0 Å². The fourth-order valence-electron chi connectivity index (χ4n) is 2.41. The molecule has 0 radical (unpaired) electrons. The Hall–Kier alpha value is -5.00. The Morgan fingerprint density at radius 2 is 1.00 bits per heavy atom. The maximum absolute atomic E-state index is 11.9. The molecule has 0 bridgehead atoms. The van der Waals surface area contributed by atoms with E-state index < -0.39 is 59.1 Å². The summed E-state index contributed by atoms with van der Waals surface area (Å²) < 4.78 is 9.04. The number of hydrogen-bond acceptors (Lipinski definition) is 12. The van der Waals surface area contributed by atoms with Crippen molar-refractivity contribution in [2.45, 2.75) is 12.2 Å². The molecule has 12 nitrogen and oxygen atoms in total. The minimum Gasteiger partial charge on any atom is -0.546 e. The van der Waals surface area contributed by atoms with Crippen molar-refractivity contribution >= 4 is 36.0 Å². The van der Waals surface area contributed by atoms with Gasteiger partial charge in [0.05, 0.1) is 11.9 Å². The summed E-state index contributed by atoms with van der Waals surface area (Å²) in [5.74, 6) is -8.96. The van der Waals surface area contributed by atoms with Crippen molar-refractivity contribution in [3.8, 4) is 23.0 Å². The molecular formula is C22H16O12-2. The molecule has 0 aliphatic heterocycles. The topological polar surface area (TPSA) is 214 Å². The standard InChI is InChI=1S/C22H18O12/c23-13-5-1-11(9-15(13)25)3-7-17(27)33-19(21(29)30)20(22(31)32)34-18(28)8-4-12-2-6-14(24)16(26)10-12/h1-10,19-20,23-26H,(H,29,30)(H,31,32)/p-2/b7-3+,8-4+/t19-,20-/m1/s1. The smallest absolute Gasteiger partial charge is 0.331 e. The summed E-state index contributed by atoms with van der Waals surface area (Å²) >= 11 is 0. The first-order valence-corrected chi connectivity index (χ1v) is 9.21. The average Bonchev–Trinajstić information content (AvgIpc) is 2.77. The zero-order chi connectivity index (χ0) is 25.4. The largest absolute Gasteiger partial charge is 0.546 e. The van der Waals surface area contributed by atoms with Crippen molar-refractivity contribution in [2.75, 3.05) is 0 Å². The number of carboxylic acids is 2. The summed E-state index contributed by atoms with van der Waals surface area (Å²) in [5, 5.41) is 60.0. The molecule has 34 heavy (non-hydrogen) atoms. The molecule has 0 aliphatic rings. The molecule has 2 rings (SSSR count). The van der Waals surface area contributed by atoms with Crippen LogP contribution in [0.25, 0.3) is 12.2 Å². The van der Waals surface area contributed by atoms with Crippen molar-refractivity contribution in [1.82, 2.24) is 0 Å². The number of esters is 2. The molecule has 2 aromatic rings. The fourth-order valence-corrected chi connectivity index (χ4v) is 2.41. The van der Waals surface area contributed by atoms with Gasteiger partial charge in [-0.15, -0.1) is 0 Å². The second-order valence-electron chi connectivity index (χ2n) is 6.52. The lowest BCUT2D eigenvalue weighted by Crippen LogP contribution is -2.54. The van der Waals surface area contributed by atoms with E-state index in [4.69, 9.17) is 0 Å². The molecule has 4 N–H and O–H groups in total. The first-order valence-electron chi connectivity index (χ1n) is 9.21. The zero-order valence-corrected chi connectivity index (χ0v) is 17.0. The van der Waals surface area contributed by atoms with Crippen LogP contribution in [0, 0.1) is 0 Å². The quantitative estimate of drug-likeness (QED) is 0.188. The maximum Gasteiger partial charge on any atom is 0.331 e. The maximum atomic E-state index is 11.9. The Labute approximate surface area is 190 Å². The molecule has 0 amide bonds.